The Labute approximate surface area is 149 Å². The fourth-order valence-electron chi connectivity index (χ4n) is 3.80. The minimum Gasteiger partial charge on any atom is -0.343 e. The molecule has 134 valence electrons. The molecule has 2 heterocycles. The van der Waals surface area contributed by atoms with Gasteiger partial charge >= 0.3 is 0 Å². The second-order valence-corrected chi connectivity index (χ2v) is 8.44. The molecule has 1 saturated carbocycles. The Morgan fingerprint density at radius 3 is 2.46 bits per heavy atom. The van der Waals surface area contributed by atoms with Crippen LogP contribution in [0, 0.1) is 5.92 Å². The first kappa shape index (κ1) is 17.8. The minimum atomic E-state index is -0.300. The molecule has 0 radical (unpaired) electrons. The van der Waals surface area contributed by atoms with Crippen LogP contribution in [0.15, 0.2) is 4.99 Å². The number of carbonyl (C=O) groups is 2. The Hall–Kier alpha value is -1.04. The second-order valence-electron chi connectivity index (χ2n) is 7.24. The summed E-state index contributed by atoms with van der Waals surface area (Å²) in [6.07, 6.45) is 11.4. The van der Waals surface area contributed by atoms with E-state index in [0.29, 0.717) is 12.3 Å². The first-order valence-corrected chi connectivity index (χ1v) is 10.4. The molecular formula is C18H29N3O2S. The van der Waals surface area contributed by atoms with E-state index < -0.39 is 0 Å². The number of hydrogen-bond acceptors (Lipinski definition) is 4. The maximum Gasteiger partial charge on any atom is 0.240 e. The fraction of sp³-hybridized carbons (Fsp3) is 0.833. The van der Waals surface area contributed by atoms with Gasteiger partial charge in [-0.25, -0.2) is 0 Å². The van der Waals surface area contributed by atoms with Crippen molar-refractivity contribution in [3.63, 3.8) is 0 Å². The zero-order valence-electron chi connectivity index (χ0n) is 14.5. The highest BCUT2D eigenvalue weighted by Gasteiger charge is 2.33. The van der Waals surface area contributed by atoms with Crippen LogP contribution >= 0.6 is 11.8 Å². The summed E-state index contributed by atoms with van der Waals surface area (Å²) < 4.78 is 0. The SMILES string of the molecule is O=C1NC(=NCC2CCCCC2)SC1CC(=O)N1CCCCCC1. The molecule has 6 heteroatoms. The van der Waals surface area contributed by atoms with Gasteiger partial charge in [0.15, 0.2) is 5.17 Å². The highest BCUT2D eigenvalue weighted by Crippen LogP contribution is 2.27. The number of nitrogens with one attached hydrogen (secondary N) is 1. The van der Waals surface area contributed by atoms with Crippen LogP contribution in [0.5, 0.6) is 0 Å². The van der Waals surface area contributed by atoms with Gasteiger partial charge in [0.25, 0.3) is 0 Å². The van der Waals surface area contributed by atoms with Gasteiger partial charge in [-0.3, -0.25) is 14.6 Å². The van der Waals surface area contributed by atoms with Crippen LogP contribution < -0.4 is 5.32 Å². The van der Waals surface area contributed by atoms with E-state index >= 15 is 0 Å². The number of likely N-dealkylation sites (tertiary alicyclic amines) is 1. The molecule has 1 N–H and O–H groups in total. The average Bonchev–Trinajstić information content (AvgIpc) is 2.80. The number of carbonyl (C=O) groups excluding carboxylic acids is 2. The average molecular weight is 352 g/mol. The standard InChI is InChI=1S/C18H29N3O2S/c22-16(21-10-6-1-2-7-11-21)12-15-17(23)20-18(24-15)19-13-14-8-4-3-5-9-14/h14-15H,1-13H2,(H,19,20,23). The molecule has 1 aliphatic carbocycles. The van der Waals surface area contributed by atoms with E-state index in [1.807, 2.05) is 4.90 Å². The quantitative estimate of drug-likeness (QED) is 0.847. The minimum absolute atomic E-state index is 0.0504. The topological polar surface area (TPSA) is 61.8 Å². The summed E-state index contributed by atoms with van der Waals surface area (Å²) in [7, 11) is 0. The largest absolute Gasteiger partial charge is 0.343 e. The molecule has 24 heavy (non-hydrogen) atoms. The zero-order chi connectivity index (χ0) is 16.8. The molecule has 3 fully saturated rings. The normalized spacial score (nSPS) is 28.0. The summed E-state index contributed by atoms with van der Waals surface area (Å²) in [6.45, 7) is 2.51. The van der Waals surface area contributed by atoms with Crippen LogP contribution in [-0.2, 0) is 9.59 Å². The van der Waals surface area contributed by atoms with Crippen LogP contribution in [0.2, 0.25) is 0 Å². The van der Waals surface area contributed by atoms with Crippen molar-refractivity contribution in [3.8, 4) is 0 Å². The molecule has 3 aliphatic rings. The third-order valence-corrected chi connectivity index (χ3v) is 6.43. The van der Waals surface area contributed by atoms with Gasteiger partial charge in [-0.05, 0) is 31.6 Å². The lowest BCUT2D eigenvalue weighted by molar-refractivity contribution is -0.132. The summed E-state index contributed by atoms with van der Waals surface area (Å²) >= 11 is 1.45. The molecule has 5 nitrogen and oxygen atoms in total. The maximum absolute atomic E-state index is 12.5. The molecule has 1 atom stereocenters. The van der Waals surface area contributed by atoms with Gasteiger partial charge < -0.3 is 10.2 Å². The lowest BCUT2D eigenvalue weighted by Gasteiger charge is -2.21. The van der Waals surface area contributed by atoms with Gasteiger partial charge in [0, 0.05) is 26.1 Å². The number of thioether (sulfide) groups is 1. The van der Waals surface area contributed by atoms with Gasteiger partial charge in [0.05, 0.1) is 0 Å². The smallest absolute Gasteiger partial charge is 0.240 e. The van der Waals surface area contributed by atoms with Gasteiger partial charge in [-0.1, -0.05) is 43.9 Å². The molecule has 1 unspecified atom stereocenters. The van der Waals surface area contributed by atoms with Crippen molar-refractivity contribution >= 4 is 28.7 Å². The van der Waals surface area contributed by atoms with Gasteiger partial charge in [0.2, 0.25) is 11.8 Å². The fourth-order valence-corrected chi connectivity index (χ4v) is 4.77. The summed E-state index contributed by atoms with van der Waals surface area (Å²) in [5, 5.41) is 3.29. The van der Waals surface area contributed by atoms with E-state index in [-0.39, 0.29) is 17.1 Å². The zero-order valence-corrected chi connectivity index (χ0v) is 15.3. The first-order chi connectivity index (χ1) is 11.7. The van der Waals surface area contributed by atoms with E-state index in [1.54, 1.807) is 0 Å². The Bertz CT molecular complexity index is 481. The van der Waals surface area contributed by atoms with Gasteiger partial charge in [-0.2, -0.15) is 0 Å². The van der Waals surface area contributed by atoms with E-state index in [4.69, 9.17) is 0 Å². The second kappa shape index (κ2) is 8.88. The Kier molecular flexibility index (Phi) is 6.58. The Balaban J connectivity index is 1.47. The molecule has 2 amide bonds. The highest BCUT2D eigenvalue weighted by molar-refractivity contribution is 8.15. The van der Waals surface area contributed by atoms with Crippen molar-refractivity contribution in [1.29, 1.82) is 0 Å². The molecule has 0 aromatic heterocycles. The maximum atomic E-state index is 12.5. The van der Waals surface area contributed by atoms with Crippen LogP contribution in [0.25, 0.3) is 0 Å². The Morgan fingerprint density at radius 1 is 1.08 bits per heavy atom. The van der Waals surface area contributed by atoms with Crippen LogP contribution in [-0.4, -0.2) is 46.8 Å². The summed E-state index contributed by atoms with van der Waals surface area (Å²) in [5.41, 5.74) is 0. The third-order valence-electron chi connectivity index (χ3n) is 5.31. The monoisotopic (exact) mass is 351 g/mol. The molecular weight excluding hydrogens is 322 g/mol. The van der Waals surface area contributed by atoms with Crippen LogP contribution in [0.1, 0.15) is 64.2 Å². The molecule has 0 bridgehead atoms. The molecule has 2 aliphatic heterocycles. The van der Waals surface area contributed by atoms with Gasteiger partial charge in [0.1, 0.15) is 5.25 Å². The molecule has 3 rings (SSSR count). The lowest BCUT2D eigenvalue weighted by Crippen LogP contribution is -2.35. The number of amides is 2. The predicted octanol–water partition coefficient (Wildman–Crippen LogP) is 2.95. The van der Waals surface area contributed by atoms with E-state index in [0.717, 1.165) is 37.6 Å². The molecule has 0 spiro atoms. The highest BCUT2D eigenvalue weighted by atomic mass is 32.2. The number of rotatable bonds is 4. The van der Waals surface area contributed by atoms with Crippen molar-refractivity contribution < 1.29 is 9.59 Å². The number of hydrogen-bond donors (Lipinski definition) is 1. The van der Waals surface area contributed by atoms with Gasteiger partial charge in [-0.15, -0.1) is 0 Å². The molecule has 2 saturated heterocycles. The molecule has 0 aromatic carbocycles. The number of amidine groups is 1. The van der Waals surface area contributed by atoms with Crippen LogP contribution in [0.4, 0.5) is 0 Å². The lowest BCUT2D eigenvalue weighted by atomic mass is 9.89. The van der Waals surface area contributed by atoms with E-state index in [1.165, 1.54) is 56.7 Å². The summed E-state index contributed by atoms with van der Waals surface area (Å²) in [4.78, 5) is 31.1. The Morgan fingerprint density at radius 2 is 1.75 bits per heavy atom. The predicted molar refractivity (Wildman–Crippen MR) is 98.1 cm³/mol. The summed E-state index contributed by atoms with van der Waals surface area (Å²) in [5.74, 6) is 0.741. The first-order valence-electron chi connectivity index (χ1n) is 9.52. The van der Waals surface area contributed by atoms with E-state index in [9.17, 15) is 9.59 Å². The third kappa shape index (κ3) is 4.98. The van der Waals surface area contributed by atoms with Crippen molar-refractivity contribution in [1.82, 2.24) is 10.2 Å². The summed E-state index contributed by atoms with van der Waals surface area (Å²) in [6, 6.07) is 0. The van der Waals surface area contributed by atoms with Crippen molar-refractivity contribution in [2.75, 3.05) is 19.6 Å². The van der Waals surface area contributed by atoms with Crippen molar-refractivity contribution in [3.05, 3.63) is 0 Å². The van der Waals surface area contributed by atoms with Crippen molar-refractivity contribution in [2.24, 2.45) is 10.9 Å². The number of nitrogens with zero attached hydrogens (tertiary/aromatic N) is 2. The van der Waals surface area contributed by atoms with Crippen molar-refractivity contribution in [2.45, 2.75) is 69.5 Å². The van der Waals surface area contributed by atoms with Crippen LogP contribution in [0.3, 0.4) is 0 Å². The van der Waals surface area contributed by atoms with E-state index in [2.05, 4.69) is 10.3 Å². The number of aliphatic imine (C=N–C) groups is 1. The molecule has 0 aromatic rings.